The number of rotatable bonds is 6. The van der Waals surface area contributed by atoms with Crippen molar-refractivity contribution in [1.29, 1.82) is 0 Å². The molecule has 3 heteroatoms. The highest BCUT2D eigenvalue weighted by molar-refractivity contribution is 5.28. The number of hydrogen-bond acceptors (Lipinski definition) is 2. The summed E-state index contributed by atoms with van der Waals surface area (Å²) in [6.07, 6.45) is 9.12. The van der Waals surface area contributed by atoms with Crippen LogP contribution in [0.3, 0.4) is 0 Å². The van der Waals surface area contributed by atoms with E-state index in [2.05, 4.69) is 17.9 Å². The minimum Gasteiger partial charge on any atom is -0.396 e. The third-order valence-electron chi connectivity index (χ3n) is 3.32. The number of aryl methyl sites for hydroxylation is 2. The molecule has 0 spiro atoms. The Labute approximate surface area is 104 Å². The first-order chi connectivity index (χ1) is 8.11. The maximum atomic E-state index is 9.52. The van der Waals surface area contributed by atoms with E-state index < -0.39 is 0 Å². The molecule has 1 heterocycles. The minimum absolute atomic E-state index is 0.184. The maximum Gasteiger partial charge on any atom is 0.0632 e. The molecule has 0 radical (unpaired) electrons. The van der Waals surface area contributed by atoms with Crippen molar-refractivity contribution >= 4 is 0 Å². The lowest BCUT2D eigenvalue weighted by Gasteiger charge is -2.14. The molecule has 1 unspecified atom stereocenters. The van der Waals surface area contributed by atoms with Crippen molar-refractivity contribution in [3.05, 3.63) is 17.0 Å². The smallest absolute Gasteiger partial charge is 0.0632 e. The normalized spacial score (nSPS) is 12.4. The molecule has 0 aliphatic carbocycles. The molecule has 0 aliphatic rings. The van der Waals surface area contributed by atoms with E-state index in [1.54, 1.807) is 0 Å². The van der Waals surface area contributed by atoms with Crippen molar-refractivity contribution < 1.29 is 5.11 Å². The molecular formula is C14H22N2O. The van der Waals surface area contributed by atoms with Gasteiger partial charge in [0.05, 0.1) is 12.3 Å². The van der Waals surface area contributed by atoms with Crippen molar-refractivity contribution in [3.8, 4) is 12.3 Å². The van der Waals surface area contributed by atoms with Crippen molar-refractivity contribution in [3.63, 3.8) is 0 Å². The molecule has 0 fully saturated rings. The van der Waals surface area contributed by atoms with Crippen molar-refractivity contribution in [1.82, 2.24) is 9.78 Å². The molecule has 0 bridgehead atoms. The molecule has 94 valence electrons. The lowest BCUT2D eigenvalue weighted by Crippen LogP contribution is -2.07. The molecule has 1 N–H and O–H groups in total. The van der Waals surface area contributed by atoms with Gasteiger partial charge in [0.15, 0.2) is 0 Å². The van der Waals surface area contributed by atoms with E-state index in [9.17, 15) is 5.11 Å². The number of aliphatic hydroxyl groups excluding tert-OH is 1. The SMILES string of the molecule is C#CCCCCC(CO)c1c(C)nn(C)c1C. The van der Waals surface area contributed by atoms with Crippen LogP contribution < -0.4 is 0 Å². The molecule has 1 aromatic heterocycles. The number of terminal acetylenes is 1. The first kappa shape index (κ1) is 13.8. The van der Waals surface area contributed by atoms with Crippen molar-refractivity contribution in [2.24, 2.45) is 7.05 Å². The first-order valence-corrected chi connectivity index (χ1v) is 6.16. The highest BCUT2D eigenvalue weighted by Gasteiger charge is 2.18. The highest BCUT2D eigenvalue weighted by atomic mass is 16.3. The van der Waals surface area contributed by atoms with Gasteiger partial charge in [-0.1, -0.05) is 6.42 Å². The monoisotopic (exact) mass is 234 g/mol. The lowest BCUT2D eigenvalue weighted by atomic mass is 9.92. The predicted octanol–water partition coefficient (Wildman–Crippen LogP) is 2.31. The van der Waals surface area contributed by atoms with E-state index in [1.165, 1.54) is 5.56 Å². The zero-order valence-corrected chi connectivity index (χ0v) is 11.0. The van der Waals surface area contributed by atoms with Crippen LogP contribution in [0.1, 0.15) is 48.6 Å². The van der Waals surface area contributed by atoms with Gasteiger partial charge in [-0.3, -0.25) is 4.68 Å². The summed E-state index contributed by atoms with van der Waals surface area (Å²) in [5, 5.41) is 13.9. The molecule has 0 saturated heterocycles. The summed E-state index contributed by atoms with van der Waals surface area (Å²) in [6.45, 7) is 4.25. The van der Waals surface area contributed by atoms with E-state index in [1.807, 2.05) is 18.7 Å². The number of hydrogen-bond donors (Lipinski definition) is 1. The van der Waals surface area contributed by atoms with Gasteiger partial charge in [0.25, 0.3) is 0 Å². The fourth-order valence-corrected chi connectivity index (χ4v) is 2.33. The summed E-state index contributed by atoms with van der Waals surface area (Å²) in [5.74, 6) is 2.84. The van der Waals surface area contributed by atoms with Gasteiger partial charge in [-0.05, 0) is 26.7 Å². The van der Waals surface area contributed by atoms with Gasteiger partial charge in [-0.25, -0.2) is 0 Å². The second-order valence-corrected chi connectivity index (χ2v) is 4.54. The summed E-state index contributed by atoms with van der Waals surface area (Å²) in [6, 6.07) is 0. The Morgan fingerprint density at radius 1 is 1.41 bits per heavy atom. The Kier molecular flexibility index (Phi) is 5.24. The van der Waals surface area contributed by atoms with Crippen LogP contribution in [0.2, 0.25) is 0 Å². The summed E-state index contributed by atoms with van der Waals surface area (Å²) >= 11 is 0. The zero-order chi connectivity index (χ0) is 12.8. The van der Waals surface area contributed by atoms with Crippen molar-refractivity contribution in [2.45, 2.75) is 45.4 Å². The molecule has 0 aliphatic heterocycles. The second kappa shape index (κ2) is 6.46. The van der Waals surface area contributed by atoms with Crippen LogP contribution in [0.25, 0.3) is 0 Å². The van der Waals surface area contributed by atoms with Crippen LogP contribution in [-0.4, -0.2) is 21.5 Å². The Morgan fingerprint density at radius 3 is 2.59 bits per heavy atom. The van der Waals surface area contributed by atoms with E-state index in [0.29, 0.717) is 0 Å². The standard InChI is InChI=1S/C14H22N2O/c1-5-6-7-8-9-13(10-17)14-11(2)15-16(4)12(14)3/h1,13,17H,6-10H2,2-4H3. The van der Waals surface area contributed by atoms with Crippen LogP contribution in [0.4, 0.5) is 0 Å². The van der Waals surface area contributed by atoms with Crippen LogP contribution in [0.5, 0.6) is 0 Å². The zero-order valence-electron chi connectivity index (χ0n) is 11.0. The molecule has 1 aromatic rings. The Bertz CT molecular complexity index is 401. The molecule has 3 nitrogen and oxygen atoms in total. The topological polar surface area (TPSA) is 38.1 Å². The molecule has 17 heavy (non-hydrogen) atoms. The average Bonchev–Trinajstić information content (AvgIpc) is 2.55. The van der Waals surface area contributed by atoms with E-state index in [4.69, 9.17) is 6.42 Å². The lowest BCUT2D eigenvalue weighted by molar-refractivity contribution is 0.256. The van der Waals surface area contributed by atoms with Crippen LogP contribution in [0, 0.1) is 26.2 Å². The number of aliphatic hydroxyl groups is 1. The van der Waals surface area contributed by atoms with E-state index in [-0.39, 0.29) is 12.5 Å². The molecular weight excluding hydrogens is 212 g/mol. The van der Waals surface area contributed by atoms with Crippen LogP contribution in [-0.2, 0) is 7.05 Å². The summed E-state index contributed by atoms with van der Waals surface area (Å²) < 4.78 is 1.88. The van der Waals surface area contributed by atoms with E-state index >= 15 is 0 Å². The summed E-state index contributed by atoms with van der Waals surface area (Å²) in [5.41, 5.74) is 3.38. The summed E-state index contributed by atoms with van der Waals surface area (Å²) in [7, 11) is 1.94. The molecule has 1 atom stereocenters. The first-order valence-electron chi connectivity index (χ1n) is 6.16. The third kappa shape index (κ3) is 3.34. The minimum atomic E-state index is 0.184. The molecule has 0 aromatic carbocycles. The van der Waals surface area contributed by atoms with E-state index in [0.717, 1.165) is 37.1 Å². The van der Waals surface area contributed by atoms with Crippen LogP contribution >= 0.6 is 0 Å². The van der Waals surface area contributed by atoms with Gasteiger partial charge in [-0.2, -0.15) is 5.10 Å². The third-order valence-corrected chi connectivity index (χ3v) is 3.32. The average molecular weight is 234 g/mol. The number of unbranched alkanes of at least 4 members (excludes halogenated alkanes) is 2. The van der Waals surface area contributed by atoms with Gasteiger partial charge in [-0.15, -0.1) is 12.3 Å². The van der Waals surface area contributed by atoms with Crippen molar-refractivity contribution in [2.75, 3.05) is 6.61 Å². The van der Waals surface area contributed by atoms with Gasteiger partial charge in [0, 0.05) is 30.6 Å². The maximum absolute atomic E-state index is 9.52. The van der Waals surface area contributed by atoms with Gasteiger partial charge < -0.3 is 5.11 Å². The Balaban J connectivity index is 2.70. The van der Waals surface area contributed by atoms with Gasteiger partial charge >= 0.3 is 0 Å². The Hall–Kier alpha value is -1.27. The quantitative estimate of drug-likeness (QED) is 0.606. The fraction of sp³-hybridized carbons (Fsp3) is 0.643. The molecule has 0 saturated carbocycles. The Morgan fingerprint density at radius 2 is 2.12 bits per heavy atom. The predicted molar refractivity (Wildman–Crippen MR) is 69.8 cm³/mol. The van der Waals surface area contributed by atoms with Gasteiger partial charge in [0.1, 0.15) is 0 Å². The second-order valence-electron chi connectivity index (χ2n) is 4.54. The summed E-state index contributed by atoms with van der Waals surface area (Å²) in [4.78, 5) is 0. The highest BCUT2D eigenvalue weighted by Crippen LogP contribution is 2.27. The number of nitrogens with zero attached hydrogens (tertiary/aromatic N) is 2. The molecule has 0 amide bonds. The largest absolute Gasteiger partial charge is 0.396 e. The molecule has 1 rings (SSSR count). The van der Waals surface area contributed by atoms with Crippen LogP contribution in [0.15, 0.2) is 0 Å². The number of aromatic nitrogens is 2. The fourth-order valence-electron chi connectivity index (χ4n) is 2.33. The van der Waals surface area contributed by atoms with Gasteiger partial charge in [0.2, 0.25) is 0 Å².